The molecule has 0 aromatic carbocycles. The molecule has 0 amide bonds. The van der Waals surface area contributed by atoms with E-state index in [9.17, 15) is 4.79 Å². The van der Waals surface area contributed by atoms with E-state index >= 15 is 0 Å². The van der Waals surface area contributed by atoms with Crippen molar-refractivity contribution in [2.75, 3.05) is 13.7 Å². The van der Waals surface area contributed by atoms with Crippen molar-refractivity contribution < 1.29 is 14.0 Å². The van der Waals surface area contributed by atoms with Crippen molar-refractivity contribution in [3.05, 3.63) is 0 Å². The van der Waals surface area contributed by atoms with Gasteiger partial charge in [0.05, 0.1) is 0 Å². The zero-order chi connectivity index (χ0) is 11.8. The molecule has 0 saturated heterocycles. The second kappa shape index (κ2) is 8.48. The monoisotopic (exact) mass is 234 g/mol. The van der Waals surface area contributed by atoms with Crippen LogP contribution in [0.2, 0.25) is 37.0 Å². The molecule has 0 atom stereocenters. The maximum atomic E-state index is 10.7. The first-order valence-electron chi connectivity index (χ1n) is 4.89. The van der Waals surface area contributed by atoms with Crippen LogP contribution in [0.3, 0.4) is 0 Å². The summed E-state index contributed by atoms with van der Waals surface area (Å²) in [6, 6.07) is 0. The summed E-state index contributed by atoms with van der Waals surface area (Å²) in [7, 11) is -0.209. The van der Waals surface area contributed by atoms with E-state index < -0.39 is 8.32 Å². The number of carbonyl (C=O) groups is 1. The maximum absolute atomic E-state index is 10.7. The molecule has 3 nitrogen and oxygen atoms in total. The molecule has 0 N–H and O–H groups in total. The quantitative estimate of drug-likeness (QED) is 0.703. The van der Waals surface area contributed by atoms with Gasteiger partial charge in [-0.15, -0.1) is 17.4 Å². The standard InChI is InChI=1S/C6H14O3Si.3CH3.Al/c1-8-5-6(7)9-10(2,3)4;;;;/h5H2,1-4H3;3*1H3;. The first-order valence-corrected chi connectivity index (χ1v) is 11.8. The molecule has 84 valence electrons. The average Bonchev–Trinajstić information content (AvgIpc) is 1.80. The van der Waals surface area contributed by atoms with E-state index in [0.717, 1.165) is 0 Å². The Balaban J connectivity index is 0. The van der Waals surface area contributed by atoms with Crippen molar-refractivity contribution in [2.24, 2.45) is 0 Å². The Bertz CT molecular complexity index is 152. The van der Waals surface area contributed by atoms with E-state index in [1.807, 2.05) is 19.6 Å². The van der Waals surface area contributed by atoms with Gasteiger partial charge in [-0.2, -0.15) is 0 Å². The lowest BCUT2D eigenvalue weighted by molar-refractivity contribution is -0.139. The smallest absolute Gasteiger partial charge is 0.318 e. The fourth-order valence-corrected chi connectivity index (χ4v) is 1.23. The topological polar surface area (TPSA) is 35.5 Å². The largest absolute Gasteiger partial charge is 0.518 e. The molecular weight excluding hydrogens is 211 g/mol. The first-order chi connectivity index (χ1) is 6.19. The van der Waals surface area contributed by atoms with Crippen LogP contribution in [-0.4, -0.2) is 42.2 Å². The Morgan fingerprint density at radius 3 is 1.79 bits per heavy atom. The molecular formula is C9H23AlO3Si. The van der Waals surface area contributed by atoms with Gasteiger partial charge in [0.2, 0.25) is 8.32 Å². The van der Waals surface area contributed by atoms with Crippen molar-refractivity contribution in [3.63, 3.8) is 0 Å². The normalized spacial score (nSPS) is 9.93. The lowest BCUT2D eigenvalue weighted by Crippen LogP contribution is -2.30. The molecule has 0 bridgehead atoms. The molecule has 0 aromatic rings. The third-order valence-electron chi connectivity index (χ3n) is 0.682. The second-order valence-corrected chi connectivity index (χ2v) is 12.6. The number of hydrogen-bond acceptors (Lipinski definition) is 3. The van der Waals surface area contributed by atoms with Crippen LogP contribution in [0.15, 0.2) is 0 Å². The van der Waals surface area contributed by atoms with E-state index in [2.05, 4.69) is 22.1 Å². The van der Waals surface area contributed by atoms with Gasteiger partial charge in [-0.3, -0.25) is 4.79 Å². The molecule has 0 radical (unpaired) electrons. The fourth-order valence-electron chi connectivity index (χ4n) is 0.489. The van der Waals surface area contributed by atoms with Crippen molar-refractivity contribution in [1.82, 2.24) is 0 Å². The maximum Gasteiger partial charge on any atom is 0.318 e. The van der Waals surface area contributed by atoms with Gasteiger partial charge in [0.25, 0.3) is 14.1 Å². The third kappa shape index (κ3) is 22.8. The molecule has 0 aromatic heterocycles. The van der Waals surface area contributed by atoms with Crippen LogP contribution < -0.4 is 0 Å². The summed E-state index contributed by atoms with van der Waals surface area (Å²) >= 11 is -0.139. The van der Waals surface area contributed by atoms with E-state index in [1.165, 1.54) is 7.11 Å². The van der Waals surface area contributed by atoms with Crippen LogP contribution in [-0.2, 0) is 14.0 Å². The van der Waals surface area contributed by atoms with Gasteiger partial charge in [0.15, 0.2) is 0 Å². The predicted molar refractivity (Wildman–Crippen MR) is 64.7 cm³/mol. The van der Waals surface area contributed by atoms with Crippen LogP contribution in [0.4, 0.5) is 0 Å². The highest BCUT2D eigenvalue weighted by molar-refractivity contribution is 6.71. The number of ether oxygens (including phenoxy) is 1. The SMILES string of the molecule is COCC(=O)O[Si](C)(C)C.[CH3][Al]([CH3])[CH3]. The number of rotatable bonds is 3. The highest BCUT2D eigenvalue weighted by Crippen LogP contribution is 2.02. The van der Waals surface area contributed by atoms with Gasteiger partial charge < -0.3 is 9.16 Å². The number of methoxy groups -OCH3 is 1. The Labute approximate surface area is 93.3 Å². The van der Waals surface area contributed by atoms with Crippen LogP contribution in [0.25, 0.3) is 0 Å². The molecule has 0 spiro atoms. The minimum Gasteiger partial charge on any atom is -0.518 e. The molecule has 0 unspecified atom stereocenters. The molecule has 0 saturated carbocycles. The van der Waals surface area contributed by atoms with Gasteiger partial charge in [0.1, 0.15) is 6.61 Å². The minimum atomic E-state index is -1.69. The zero-order valence-corrected chi connectivity index (χ0v) is 12.7. The van der Waals surface area contributed by atoms with Gasteiger partial charge in [-0.25, -0.2) is 0 Å². The molecule has 14 heavy (non-hydrogen) atoms. The molecule has 0 fully saturated rings. The summed E-state index contributed by atoms with van der Waals surface area (Å²) in [4.78, 5) is 10.7. The molecule has 5 heteroatoms. The third-order valence-corrected chi connectivity index (χ3v) is 1.52. The summed E-state index contributed by atoms with van der Waals surface area (Å²) in [6.07, 6.45) is 0. The number of hydrogen-bond donors (Lipinski definition) is 0. The van der Waals surface area contributed by atoms with Gasteiger partial charge in [-0.1, -0.05) is 0 Å². The molecule has 0 aliphatic rings. The predicted octanol–water partition coefficient (Wildman–Crippen LogP) is 2.38. The summed E-state index contributed by atoms with van der Waals surface area (Å²) in [5.41, 5.74) is 0. The summed E-state index contributed by atoms with van der Waals surface area (Å²) < 4.78 is 9.65. The van der Waals surface area contributed by atoms with E-state index in [-0.39, 0.29) is 26.7 Å². The van der Waals surface area contributed by atoms with Crippen molar-refractivity contribution >= 4 is 28.4 Å². The average molecular weight is 234 g/mol. The Kier molecular flexibility index (Phi) is 10.1. The summed E-state index contributed by atoms with van der Waals surface area (Å²) in [5.74, 6) is 6.65. The highest BCUT2D eigenvalue weighted by Gasteiger charge is 2.19. The van der Waals surface area contributed by atoms with E-state index in [4.69, 9.17) is 4.43 Å². The first kappa shape index (κ1) is 16.6. The van der Waals surface area contributed by atoms with Gasteiger partial charge in [-0.05, 0) is 19.6 Å². The minimum absolute atomic E-state index is 0.0598. The van der Waals surface area contributed by atoms with Crippen LogP contribution >= 0.6 is 0 Å². The second-order valence-electron chi connectivity index (χ2n) is 4.75. The van der Waals surface area contributed by atoms with Crippen molar-refractivity contribution in [2.45, 2.75) is 37.0 Å². The van der Waals surface area contributed by atoms with Crippen molar-refractivity contribution in [3.8, 4) is 0 Å². The van der Waals surface area contributed by atoms with E-state index in [1.54, 1.807) is 0 Å². The molecule has 0 aliphatic carbocycles. The van der Waals surface area contributed by atoms with Gasteiger partial charge >= 0.3 is 5.97 Å². The summed E-state index contributed by atoms with van der Waals surface area (Å²) in [6.45, 7) is 5.94. The fraction of sp³-hybridized carbons (Fsp3) is 0.889. The zero-order valence-electron chi connectivity index (χ0n) is 10.5. The lowest BCUT2D eigenvalue weighted by atomic mass is 10.8. The van der Waals surface area contributed by atoms with E-state index in [0.29, 0.717) is 0 Å². The highest BCUT2D eigenvalue weighted by atomic mass is 28.4. The molecule has 0 rings (SSSR count). The van der Waals surface area contributed by atoms with Crippen molar-refractivity contribution in [1.29, 1.82) is 0 Å². The molecule has 0 heterocycles. The van der Waals surface area contributed by atoms with Crippen LogP contribution in [0.1, 0.15) is 0 Å². The number of carbonyl (C=O) groups excluding carboxylic acids is 1. The lowest BCUT2D eigenvalue weighted by Gasteiger charge is -2.16. The Hall–Kier alpha value is 0.179. The Morgan fingerprint density at radius 1 is 1.21 bits per heavy atom. The van der Waals surface area contributed by atoms with Gasteiger partial charge in [0, 0.05) is 7.11 Å². The molecule has 0 aliphatic heterocycles. The van der Waals surface area contributed by atoms with Crippen LogP contribution in [0, 0.1) is 0 Å². The van der Waals surface area contributed by atoms with Crippen LogP contribution in [0.5, 0.6) is 0 Å². The Morgan fingerprint density at radius 2 is 1.57 bits per heavy atom. The summed E-state index contributed by atoms with van der Waals surface area (Å²) in [5, 5.41) is 0.